The van der Waals surface area contributed by atoms with Gasteiger partial charge in [0.15, 0.2) is 0 Å². The summed E-state index contributed by atoms with van der Waals surface area (Å²) in [6.45, 7) is 2.05. The summed E-state index contributed by atoms with van der Waals surface area (Å²) < 4.78 is 1.04. The van der Waals surface area contributed by atoms with Crippen molar-refractivity contribution in [2.75, 3.05) is 0 Å². The Morgan fingerprint density at radius 3 is 2.85 bits per heavy atom. The van der Waals surface area contributed by atoms with Crippen molar-refractivity contribution in [3.8, 4) is 11.4 Å². The summed E-state index contributed by atoms with van der Waals surface area (Å²) in [7, 11) is 0. The molecule has 13 heavy (non-hydrogen) atoms. The fraction of sp³-hybridized carbons (Fsp3) is 0.111. The van der Waals surface area contributed by atoms with Crippen LogP contribution in [-0.2, 0) is 0 Å². The summed E-state index contributed by atoms with van der Waals surface area (Å²) in [6, 6.07) is 1.98. The van der Waals surface area contributed by atoms with Gasteiger partial charge in [0.25, 0.3) is 0 Å². The van der Waals surface area contributed by atoms with Crippen LogP contribution in [0.15, 0.2) is 24.7 Å². The highest BCUT2D eigenvalue weighted by molar-refractivity contribution is 14.1. The van der Waals surface area contributed by atoms with Gasteiger partial charge in [-0.25, -0.2) is 4.98 Å². The molecule has 66 valence electrons. The molecular weight excluding hydrogens is 277 g/mol. The van der Waals surface area contributed by atoms with Crippen LogP contribution in [0.5, 0.6) is 0 Å². The number of pyridine rings is 1. The van der Waals surface area contributed by atoms with E-state index >= 15 is 0 Å². The number of H-pyrrole nitrogens is 1. The number of aromatic nitrogens is 3. The standard InChI is InChI=1S/C9H8IN3/c1-6-2-3-11-4-7(6)9-12-5-8(10)13-9/h2-5H,1H3,(H,12,13). The molecule has 4 heteroatoms. The van der Waals surface area contributed by atoms with Crippen molar-refractivity contribution in [1.82, 2.24) is 15.0 Å². The molecule has 2 heterocycles. The highest BCUT2D eigenvalue weighted by Gasteiger charge is 2.04. The number of aromatic amines is 1. The van der Waals surface area contributed by atoms with E-state index in [9.17, 15) is 0 Å². The van der Waals surface area contributed by atoms with Gasteiger partial charge in [-0.15, -0.1) is 0 Å². The highest BCUT2D eigenvalue weighted by atomic mass is 127. The quantitative estimate of drug-likeness (QED) is 0.817. The van der Waals surface area contributed by atoms with Gasteiger partial charge in [-0.1, -0.05) is 0 Å². The molecule has 0 aliphatic rings. The average molecular weight is 285 g/mol. The monoisotopic (exact) mass is 285 g/mol. The second-order valence-corrected chi connectivity index (χ2v) is 3.93. The summed E-state index contributed by atoms with van der Waals surface area (Å²) in [5.41, 5.74) is 2.24. The van der Waals surface area contributed by atoms with Crippen LogP contribution in [0, 0.1) is 10.6 Å². The highest BCUT2D eigenvalue weighted by Crippen LogP contribution is 2.18. The van der Waals surface area contributed by atoms with E-state index in [4.69, 9.17) is 0 Å². The normalized spacial score (nSPS) is 10.3. The number of hydrogen-bond acceptors (Lipinski definition) is 2. The molecule has 0 atom stereocenters. The second kappa shape index (κ2) is 3.45. The first-order valence-electron chi connectivity index (χ1n) is 3.89. The third-order valence-electron chi connectivity index (χ3n) is 1.84. The van der Waals surface area contributed by atoms with Crippen molar-refractivity contribution in [1.29, 1.82) is 0 Å². The average Bonchev–Trinajstić information content (AvgIpc) is 2.53. The predicted molar refractivity (Wildman–Crippen MR) is 59.3 cm³/mol. The Morgan fingerprint density at radius 1 is 1.38 bits per heavy atom. The zero-order chi connectivity index (χ0) is 9.26. The van der Waals surface area contributed by atoms with Crippen LogP contribution in [0.25, 0.3) is 11.4 Å². The van der Waals surface area contributed by atoms with E-state index < -0.39 is 0 Å². The van der Waals surface area contributed by atoms with Gasteiger partial charge in [0.05, 0.1) is 9.90 Å². The molecule has 0 amide bonds. The molecule has 0 bridgehead atoms. The summed E-state index contributed by atoms with van der Waals surface area (Å²) in [5, 5.41) is 0. The fourth-order valence-corrected chi connectivity index (χ4v) is 1.54. The van der Waals surface area contributed by atoms with E-state index in [1.165, 1.54) is 5.56 Å². The molecule has 1 N–H and O–H groups in total. The van der Waals surface area contributed by atoms with E-state index in [1.807, 2.05) is 25.4 Å². The molecule has 0 radical (unpaired) electrons. The van der Waals surface area contributed by atoms with Crippen molar-refractivity contribution in [3.63, 3.8) is 0 Å². The van der Waals surface area contributed by atoms with Gasteiger partial charge < -0.3 is 4.98 Å². The van der Waals surface area contributed by atoms with Gasteiger partial charge >= 0.3 is 0 Å². The largest absolute Gasteiger partial charge is 0.333 e. The number of nitrogens with zero attached hydrogens (tertiary/aromatic N) is 2. The number of aryl methyl sites for hydroxylation is 1. The van der Waals surface area contributed by atoms with E-state index in [0.717, 1.165) is 15.1 Å². The lowest BCUT2D eigenvalue weighted by molar-refractivity contribution is 1.22. The van der Waals surface area contributed by atoms with Crippen molar-refractivity contribution in [2.24, 2.45) is 0 Å². The Bertz CT molecular complexity index is 422. The van der Waals surface area contributed by atoms with Crippen LogP contribution in [0.3, 0.4) is 0 Å². The van der Waals surface area contributed by atoms with Crippen molar-refractivity contribution >= 4 is 22.6 Å². The van der Waals surface area contributed by atoms with E-state index in [-0.39, 0.29) is 0 Å². The lowest BCUT2D eigenvalue weighted by Crippen LogP contribution is -1.86. The molecule has 0 spiro atoms. The Balaban J connectivity index is 2.52. The topological polar surface area (TPSA) is 41.6 Å². The van der Waals surface area contributed by atoms with Gasteiger partial charge in [0, 0.05) is 18.0 Å². The lowest BCUT2D eigenvalue weighted by atomic mass is 10.1. The van der Waals surface area contributed by atoms with Gasteiger partial charge in [0.1, 0.15) is 5.82 Å². The molecule has 0 saturated heterocycles. The fourth-order valence-electron chi connectivity index (χ4n) is 1.15. The minimum atomic E-state index is 0.884. The maximum absolute atomic E-state index is 4.24. The van der Waals surface area contributed by atoms with Crippen LogP contribution < -0.4 is 0 Å². The molecule has 0 saturated carbocycles. The van der Waals surface area contributed by atoms with Gasteiger partial charge in [-0.05, 0) is 41.1 Å². The number of nitrogens with one attached hydrogen (secondary N) is 1. The number of halogens is 1. The summed E-state index contributed by atoms with van der Waals surface area (Å²) >= 11 is 2.20. The molecule has 0 unspecified atom stereocenters. The van der Waals surface area contributed by atoms with E-state index in [2.05, 4.69) is 37.5 Å². The van der Waals surface area contributed by atoms with Crippen molar-refractivity contribution < 1.29 is 0 Å². The van der Waals surface area contributed by atoms with Gasteiger partial charge in [-0.3, -0.25) is 4.98 Å². The molecule has 0 aromatic carbocycles. The van der Waals surface area contributed by atoms with E-state index in [0.29, 0.717) is 0 Å². The minimum Gasteiger partial charge on any atom is -0.333 e. The van der Waals surface area contributed by atoms with Gasteiger partial charge in [-0.2, -0.15) is 0 Å². The molecule has 2 rings (SSSR count). The Hall–Kier alpha value is -0.910. The molecular formula is C9H8IN3. The van der Waals surface area contributed by atoms with Crippen molar-refractivity contribution in [2.45, 2.75) is 6.92 Å². The zero-order valence-electron chi connectivity index (χ0n) is 7.08. The van der Waals surface area contributed by atoms with Crippen molar-refractivity contribution in [3.05, 3.63) is 33.9 Å². The number of imidazole rings is 1. The Labute approximate surface area is 89.8 Å². The SMILES string of the molecule is Cc1ccncc1-c1ncc(I)[nH]1. The summed E-state index contributed by atoms with van der Waals surface area (Å²) in [6.07, 6.45) is 5.42. The Morgan fingerprint density at radius 2 is 2.23 bits per heavy atom. The van der Waals surface area contributed by atoms with Gasteiger partial charge in [0.2, 0.25) is 0 Å². The van der Waals surface area contributed by atoms with Crippen LogP contribution in [0.2, 0.25) is 0 Å². The zero-order valence-corrected chi connectivity index (χ0v) is 9.24. The third kappa shape index (κ3) is 1.72. The van der Waals surface area contributed by atoms with E-state index in [1.54, 1.807) is 6.20 Å². The van der Waals surface area contributed by atoms with Crippen LogP contribution in [-0.4, -0.2) is 15.0 Å². The number of rotatable bonds is 1. The molecule has 2 aromatic heterocycles. The maximum atomic E-state index is 4.24. The first-order chi connectivity index (χ1) is 6.27. The molecule has 3 nitrogen and oxygen atoms in total. The second-order valence-electron chi connectivity index (χ2n) is 2.77. The molecule has 2 aromatic rings. The lowest BCUT2D eigenvalue weighted by Gasteiger charge is -1.99. The molecule has 0 aliphatic heterocycles. The van der Waals surface area contributed by atoms with Crippen LogP contribution >= 0.6 is 22.6 Å². The first-order valence-corrected chi connectivity index (χ1v) is 4.97. The maximum Gasteiger partial charge on any atom is 0.139 e. The summed E-state index contributed by atoms with van der Waals surface area (Å²) in [5.74, 6) is 0.884. The molecule has 0 fully saturated rings. The first kappa shape index (κ1) is 8.68. The van der Waals surface area contributed by atoms with Crippen LogP contribution in [0.4, 0.5) is 0 Å². The predicted octanol–water partition coefficient (Wildman–Crippen LogP) is 2.38. The smallest absolute Gasteiger partial charge is 0.139 e. The van der Waals surface area contributed by atoms with Crippen LogP contribution in [0.1, 0.15) is 5.56 Å². The number of hydrogen-bond donors (Lipinski definition) is 1. The minimum absolute atomic E-state index is 0.884. The molecule has 0 aliphatic carbocycles. The summed E-state index contributed by atoms with van der Waals surface area (Å²) in [4.78, 5) is 11.5. The third-order valence-corrected chi connectivity index (χ3v) is 2.39. The Kier molecular flexibility index (Phi) is 2.30.